The molecule has 1 N–H and O–H groups in total. The van der Waals surface area contributed by atoms with E-state index in [0.717, 1.165) is 5.56 Å². The number of hydrogen-bond acceptors (Lipinski definition) is 3. The van der Waals surface area contributed by atoms with E-state index in [0.29, 0.717) is 11.0 Å². The second-order valence-electron chi connectivity index (χ2n) is 7.19. The second-order valence-corrected chi connectivity index (χ2v) is 7.19. The molecule has 1 aromatic carbocycles. The van der Waals surface area contributed by atoms with E-state index in [2.05, 4.69) is 5.32 Å². The van der Waals surface area contributed by atoms with Gasteiger partial charge in [0, 0.05) is 19.0 Å². The van der Waals surface area contributed by atoms with Crippen molar-refractivity contribution in [2.45, 2.75) is 52.7 Å². The van der Waals surface area contributed by atoms with Gasteiger partial charge in [-0.25, -0.2) is 4.39 Å². The Morgan fingerprint density at radius 3 is 2.33 bits per heavy atom. The zero-order chi connectivity index (χ0) is 18.1. The van der Waals surface area contributed by atoms with Crippen molar-refractivity contribution in [1.29, 1.82) is 0 Å². The number of halogens is 1. The van der Waals surface area contributed by atoms with Crippen LogP contribution < -0.4 is 5.32 Å². The fourth-order valence-corrected chi connectivity index (χ4v) is 2.44. The van der Waals surface area contributed by atoms with Crippen LogP contribution in [0.2, 0.25) is 0 Å². The first-order chi connectivity index (χ1) is 11.0. The minimum Gasteiger partial charge on any atom is -0.400 e. The topological polar surface area (TPSA) is 47.6 Å². The molecule has 130 valence electrons. The molecular weight excluding hydrogens is 308 g/mol. The van der Waals surface area contributed by atoms with E-state index in [1.54, 1.807) is 12.1 Å². The third-order valence-corrected chi connectivity index (χ3v) is 4.70. The van der Waals surface area contributed by atoms with Gasteiger partial charge in [-0.3, -0.25) is 4.79 Å². The van der Waals surface area contributed by atoms with Crippen LogP contribution in [-0.2, 0) is 14.1 Å². The Hall–Kier alpha value is -1.66. The van der Waals surface area contributed by atoms with E-state index in [-0.39, 0.29) is 18.3 Å². The van der Waals surface area contributed by atoms with Gasteiger partial charge in [0.15, 0.2) is 0 Å². The SMILES string of the molecule is CC(=O)NCC(=Cc1c(C)cccc1F)B1OC(C)(C)C(C)(C)O1. The smallest absolute Gasteiger partial charge is 0.400 e. The highest BCUT2D eigenvalue weighted by atomic mass is 19.1. The average molecular weight is 333 g/mol. The quantitative estimate of drug-likeness (QED) is 0.860. The molecule has 1 aliphatic heterocycles. The van der Waals surface area contributed by atoms with E-state index in [9.17, 15) is 9.18 Å². The van der Waals surface area contributed by atoms with Crippen molar-refractivity contribution in [3.05, 3.63) is 40.6 Å². The maximum Gasteiger partial charge on any atom is 0.492 e. The van der Waals surface area contributed by atoms with Crippen molar-refractivity contribution in [2.75, 3.05) is 6.54 Å². The van der Waals surface area contributed by atoms with Gasteiger partial charge in [0.05, 0.1) is 11.2 Å². The number of benzene rings is 1. The van der Waals surface area contributed by atoms with Gasteiger partial charge in [-0.15, -0.1) is 0 Å². The number of carbonyl (C=O) groups is 1. The average Bonchev–Trinajstić information content (AvgIpc) is 2.65. The van der Waals surface area contributed by atoms with E-state index in [1.807, 2.05) is 40.7 Å². The summed E-state index contributed by atoms with van der Waals surface area (Å²) in [7, 11) is -0.638. The number of carbonyl (C=O) groups excluding carboxylic acids is 1. The Kier molecular flexibility index (Phi) is 5.21. The second kappa shape index (κ2) is 6.69. The van der Waals surface area contributed by atoms with Crippen LogP contribution in [0.1, 0.15) is 45.7 Å². The molecule has 1 fully saturated rings. The molecule has 1 heterocycles. The summed E-state index contributed by atoms with van der Waals surface area (Å²) in [6, 6.07) is 4.93. The lowest BCUT2D eigenvalue weighted by molar-refractivity contribution is -0.118. The molecule has 0 atom stereocenters. The number of nitrogens with one attached hydrogen (secondary N) is 1. The van der Waals surface area contributed by atoms with Crippen molar-refractivity contribution >= 4 is 19.1 Å². The molecule has 0 spiro atoms. The molecule has 0 aromatic heterocycles. The predicted octanol–water partition coefficient (Wildman–Crippen LogP) is 3.29. The van der Waals surface area contributed by atoms with Crippen LogP contribution in [0.15, 0.2) is 23.7 Å². The zero-order valence-electron chi connectivity index (χ0n) is 15.2. The molecular formula is C18H25BFNO3. The van der Waals surface area contributed by atoms with E-state index in [1.165, 1.54) is 13.0 Å². The first-order valence-electron chi connectivity index (χ1n) is 8.09. The third kappa shape index (κ3) is 3.87. The number of aryl methyl sites for hydroxylation is 1. The van der Waals surface area contributed by atoms with Crippen LogP contribution in [0.3, 0.4) is 0 Å². The lowest BCUT2D eigenvalue weighted by Crippen LogP contribution is -2.41. The highest BCUT2D eigenvalue weighted by molar-refractivity contribution is 6.56. The summed E-state index contributed by atoms with van der Waals surface area (Å²) < 4.78 is 26.3. The molecule has 0 aliphatic carbocycles. The van der Waals surface area contributed by atoms with Gasteiger partial charge in [0.1, 0.15) is 5.82 Å². The minimum absolute atomic E-state index is 0.164. The van der Waals surface area contributed by atoms with Gasteiger partial charge in [-0.1, -0.05) is 18.2 Å². The molecule has 4 nitrogen and oxygen atoms in total. The van der Waals surface area contributed by atoms with Crippen molar-refractivity contribution in [3.8, 4) is 0 Å². The molecule has 6 heteroatoms. The highest BCUT2D eigenvalue weighted by Crippen LogP contribution is 2.38. The van der Waals surface area contributed by atoms with Crippen molar-refractivity contribution < 1.29 is 18.5 Å². The molecule has 0 radical (unpaired) electrons. The molecule has 1 amide bonds. The lowest BCUT2D eigenvalue weighted by Gasteiger charge is -2.32. The predicted molar refractivity (Wildman–Crippen MR) is 93.9 cm³/mol. The monoisotopic (exact) mass is 333 g/mol. The molecule has 1 saturated heterocycles. The van der Waals surface area contributed by atoms with Gasteiger partial charge in [0.25, 0.3) is 0 Å². The Morgan fingerprint density at radius 1 is 1.25 bits per heavy atom. The Morgan fingerprint density at radius 2 is 1.83 bits per heavy atom. The number of hydrogen-bond donors (Lipinski definition) is 1. The highest BCUT2D eigenvalue weighted by Gasteiger charge is 2.52. The summed E-state index contributed by atoms with van der Waals surface area (Å²) in [5.41, 5.74) is 0.963. The molecule has 0 unspecified atom stereocenters. The summed E-state index contributed by atoms with van der Waals surface area (Å²) >= 11 is 0. The summed E-state index contributed by atoms with van der Waals surface area (Å²) in [4.78, 5) is 11.3. The van der Waals surface area contributed by atoms with Gasteiger partial charge in [0.2, 0.25) is 5.91 Å². The van der Waals surface area contributed by atoms with Gasteiger partial charge < -0.3 is 14.6 Å². The first-order valence-corrected chi connectivity index (χ1v) is 8.09. The fraction of sp³-hybridized carbons (Fsp3) is 0.500. The van der Waals surface area contributed by atoms with E-state index < -0.39 is 18.3 Å². The van der Waals surface area contributed by atoms with Gasteiger partial charge in [-0.05, 0) is 51.7 Å². The van der Waals surface area contributed by atoms with Gasteiger partial charge in [-0.2, -0.15) is 0 Å². The molecule has 24 heavy (non-hydrogen) atoms. The van der Waals surface area contributed by atoms with Crippen molar-refractivity contribution in [3.63, 3.8) is 0 Å². The zero-order valence-corrected chi connectivity index (χ0v) is 15.2. The molecule has 1 aliphatic rings. The maximum atomic E-state index is 14.2. The standard InChI is InChI=1S/C18H25BFNO3/c1-12-8-7-9-16(20)15(12)10-14(11-21-13(2)22)19-23-17(3,4)18(5,6)24-19/h7-10H,11H2,1-6H3,(H,21,22). The summed E-state index contributed by atoms with van der Waals surface area (Å²) in [5.74, 6) is -0.477. The van der Waals surface area contributed by atoms with E-state index in [4.69, 9.17) is 9.31 Å². The lowest BCUT2D eigenvalue weighted by atomic mass is 9.76. The third-order valence-electron chi connectivity index (χ3n) is 4.70. The first kappa shape index (κ1) is 18.7. The van der Waals surface area contributed by atoms with Crippen LogP contribution in [0, 0.1) is 12.7 Å². The fourth-order valence-electron chi connectivity index (χ4n) is 2.44. The molecule has 0 saturated carbocycles. The van der Waals surface area contributed by atoms with Crippen LogP contribution >= 0.6 is 0 Å². The maximum absolute atomic E-state index is 14.2. The van der Waals surface area contributed by atoms with Crippen LogP contribution in [0.25, 0.3) is 6.08 Å². The summed E-state index contributed by atoms with van der Waals surface area (Å²) in [5, 5.41) is 2.75. The minimum atomic E-state index is -0.638. The summed E-state index contributed by atoms with van der Waals surface area (Å²) in [6.07, 6.45) is 1.71. The normalized spacial score (nSPS) is 19.5. The van der Waals surface area contributed by atoms with Crippen LogP contribution in [-0.4, -0.2) is 30.8 Å². The Balaban J connectivity index is 2.39. The van der Waals surface area contributed by atoms with Crippen LogP contribution in [0.4, 0.5) is 4.39 Å². The number of amides is 1. The summed E-state index contributed by atoms with van der Waals surface area (Å²) in [6.45, 7) is 11.3. The van der Waals surface area contributed by atoms with Crippen molar-refractivity contribution in [1.82, 2.24) is 5.32 Å². The number of rotatable bonds is 4. The molecule has 1 aromatic rings. The molecule has 2 rings (SSSR count). The van der Waals surface area contributed by atoms with E-state index >= 15 is 0 Å². The van der Waals surface area contributed by atoms with Crippen molar-refractivity contribution in [2.24, 2.45) is 0 Å². The Bertz CT molecular complexity index is 634. The van der Waals surface area contributed by atoms with Crippen LogP contribution in [0.5, 0.6) is 0 Å². The molecule has 0 bridgehead atoms. The largest absolute Gasteiger partial charge is 0.492 e. The van der Waals surface area contributed by atoms with Gasteiger partial charge >= 0.3 is 7.12 Å². The Labute approximate surface area is 143 Å².